The van der Waals surface area contributed by atoms with Gasteiger partial charge in [0.05, 0.1) is 13.2 Å². The highest BCUT2D eigenvalue weighted by atomic mass is 16.5. The number of hydrogen-bond acceptors (Lipinski definition) is 4. The normalized spacial score (nSPS) is 15.6. The van der Waals surface area contributed by atoms with E-state index in [-0.39, 0.29) is 17.4 Å². The van der Waals surface area contributed by atoms with Crippen LogP contribution in [0.1, 0.15) is 37.0 Å². The van der Waals surface area contributed by atoms with Crippen LogP contribution < -0.4 is 10.6 Å². The van der Waals surface area contributed by atoms with Crippen LogP contribution in [0.25, 0.3) is 0 Å². The highest BCUT2D eigenvalue weighted by molar-refractivity contribution is 5.94. The van der Waals surface area contributed by atoms with Gasteiger partial charge in [-0.1, -0.05) is 18.2 Å². The predicted molar refractivity (Wildman–Crippen MR) is 97.5 cm³/mol. The molecular weight excluding hydrogens is 318 g/mol. The first-order valence-electron chi connectivity index (χ1n) is 8.92. The van der Waals surface area contributed by atoms with Crippen LogP contribution in [0, 0.1) is 0 Å². The number of hydrogen-bond donors (Lipinski definition) is 2. The molecule has 1 heterocycles. The molecule has 25 heavy (non-hydrogen) atoms. The second kappa shape index (κ2) is 9.53. The number of morpholine rings is 1. The van der Waals surface area contributed by atoms with E-state index in [0.29, 0.717) is 31.5 Å². The maximum Gasteiger partial charge on any atom is 0.251 e. The zero-order valence-corrected chi connectivity index (χ0v) is 15.2. The lowest BCUT2D eigenvalue weighted by Crippen LogP contribution is -2.55. The zero-order valence-electron chi connectivity index (χ0n) is 15.2. The summed E-state index contributed by atoms with van der Waals surface area (Å²) in [6.45, 7) is 8.67. The third kappa shape index (κ3) is 6.48. The van der Waals surface area contributed by atoms with Crippen molar-refractivity contribution >= 4 is 11.8 Å². The number of benzene rings is 1. The van der Waals surface area contributed by atoms with Gasteiger partial charge in [-0.05, 0) is 32.4 Å². The summed E-state index contributed by atoms with van der Waals surface area (Å²) in [7, 11) is 0. The molecule has 6 heteroatoms. The molecule has 0 aromatic heterocycles. The summed E-state index contributed by atoms with van der Waals surface area (Å²) in [5.74, 6) is -0.0789. The fourth-order valence-corrected chi connectivity index (χ4v) is 2.83. The average molecular weight is 347 g/mol. The Balaban J connectivity index is 1.61. The number of amides is 2. The van der Waals surface area contributed by atoms with E-state index >= 15 is 0 Å². The molecule has 2 N–H and O–H groups in total. The third-order valence-corrected chi connectivity index (χ3v) is 4.49. The van der Waals surface area contributed by atoms with Crippen molar-refractivity contribution in [1.82, 2.24) is 15.5 Å². The van der Waals surface area contributed by atoms with Crippen LogP contribution in [0.15, 0.2) is 30.3 Å². The van der Waals surface area contributed by atoms with Crippen LogP contribution in [-0.4, -0.2) is 61.6 Å². The van der Waals surface area contributed by atoms with E-state index in [9.17, 15) is 9.59 Å². The van der Waals surface area contributed by atoms with Gasteiger partial charge in [-0.3, -0.25) is 14.5 Å². The van der Waals surface area contributed by atoms with Gasteiger partial charge in [0.15, 0.2) is 0 Å². The lowest BCUT2D eigenvalue weighted by Gasteiger charge is -2.40. The van der Waals surface area contributed by atoms with Crippen LogP contribution in [-0.2, 0) is 9.53 Å². The quantitative estimate of drug-likeness (QED) is 0.698. The first-order valence-corrected chi connectivity index (χ1v) is 8.92. The summed E-state index contributed by atoms with van der Waals surface area (Å²) in [6, 6.07) is 9.09. The van der Waals surface area contributed by atoms with Crippen LogP contribution in [0.4, 0.5) is 0 Å². The van der Waals surface area contributed by atoms with Crippen molar-refractivity contribution in [2.24, 2.45) is 0 Å². The number of rotatable bonds is 8. The maximum absolute atomic E-state index is 12.0. The van der Waals surface area contributed by atoms with Gasteiger partial charge >= 0.3 is 0 Å². The Labute approximate surface area is 149 Å². The van der Waals surface area contributed by atoms with Crippen LogP contribution in [0.5, 0.6) is 0 Å². The zero-order chi connectivity index (χ0) is 18.1. The van der Waals surface area contributed by atoms with E-state index in [2.05, 4.69) is 29.4 Å². The Hall–Kier alpha value is -1.92. The van der Waals surface area contributed by atoms with Gasteiger partial charge in [-0.2, -0.15) is 0 Å². The Morgan fingerprint density at radius 3 is 2.48 bits per heavy atom. The monoisotopic (exact) mass is 347 g/mol. The fourth-order valence-electron chi connectivity index (χ4n) is 2.83. The second-order valence-corrected chi connectivity index (χ2v) is 6.91. The summed E-state index contributed by atoms with van der Waals surface area (Å²) in [6.07, 6.45) is 1.04. The van der Waals surface area contributed by atoms with Gasteiger partial charge in [0.2, 0.25) is 5.91 Å². The molecule has 1 saturated heterocycles. The molecule has 0 spiro atoms. The Morgan fingerprint density at radius 2 is 1.80 bits per heavy atom. The molecule has 6 nitrogen and oxygen atoms in total. The number of nitrogens with zero attached hydrogens (tertiary/aromatic N) is 1. The molecule has 1 aliphatic heterocycles. The van der Waals surface area contributed by atoms with Gasteiger partial charge in [-0.15, -0.1) is 0 Å². The number of nitrogens with one attached hydrogen (secondary N) is 2. The van der Waals surface area contributed by atoms with Crippen molar-refractivity contribution in [2.75, 3.05) is 39.4 Å². The molecule has 1 aromatic carbocycles. The summed E-state index contributed by atoms with van der Waals surface area (Å²) < 4.78 is 5.37. The Bertz CT molecular complexity index is 554. The van der Waals surface area contributed by atoms with E-state index in [1.807, 2.05) is 18.2 Å². The van der Waals surface area contributed by atoms with Gasteiger partial charge in [0.25, 0.3) is 5.91 Å². The molecule has 0 unspecified atom stereocenters. The largest absolute Gasteiger partial charge is 0.379 e. The van der Waals surface area contributed by atoms with Crippen molar-refractivity contribution in [3.63, 3.8) is 0 Å². The second-order valence-electron chi connectivity index (χ2n) is 6.91. The van der Waals surface area contributed by atoms with Gasteiger partial charge in [-0.25, -0.2) is 0 Å². The Kier molecular flexibility index (Phi) is 7.40. The molecular formula is C19H29N3O3. The van der Waals surface area contributed by atoms with E-state index < -0.39 is 0 Å². The first-order chi connectivity index (χ1) is 12.0. The molecule has 138 valence electrons. The van der Waals surface area contributed by atoms with E-state index in [1.165, 1.54) is 0 Å². The summed E-state index contributed by atoms with van der Waals surface area (Å²) in [5, 5.41) is 5.84. The minimum absolute atomic E-state index is 0.0234. The molecule has 2 amide bonds. The molecule has 0 bridgehead atoms. The molecule has 0 saturated carbocycles. The summed E-state index contributed by atoms with van der Waals surface area (Å²) in [5.41, 5.74) is 0.556. The number of carbonyl (C=O) groups is 2. The topological polar surface area (TPSA) is 70.7 Å². The molecule has 2 rings (SSSR count). The van der Waals surface area contributed by atoms with Gasteiger partial charge in [0.1, 0.15) is 0 Å². The number of carbonyl (C=O) groups excluding carboxylic acids is 2. The van der Waals surface area contributed by atoms with Crippen LogP contribution in [0.2, 0.25) is 0 Å². The lowest BCUT2D eigenvalue weighted by molar-refractivity contribution is -0.122. The van der Waals surface area contributed by atoms with Gasteiger partial charge in [0, 0.05) is 43.7 Å². The van der Waals surface area contributed by atoms with E-state index in [1.54, 1.807) is 12.1 Å². The SMILES string of the molecule is CC(C)(CNC(=O)CCCNC(=O)c1ccccc1)N1CCOCC1. The molecule has 1 aliphatic rings. The first kappa shape index (κ1) is 19.4. The average Bonchev–Trinajstić information content (AvgIpc) is 2.65. The van der Waals surface area contributed by atoms with Crippen molar-refractivity contribution < 1.29 is 14.3 Å². The van der Waals surface area contributed by atoms with Crippen molar-refractivity contribution in [3.8, 4) is 0 Å². The van der Waals surface area contributed by atoms with Crippen molar-refractivity contribution in [3.05, 3.63) is 35.9 Å². The summed E-state index contributed by atoms with van der Waals surface area (Å²) in [4.78, 5) is 26.3. The molecule has 0 atom stereocenters. The lowest BCUT2D eigenvalue weighted by atomic mass is 10.0. The fraction of sp³-hybridized carbons (Fsp3) is 0.579. The summed E-state index contributed by atoms with van der Waals surface area (Å²) >= 11 is 0. The molecule has 1 aromatic rings. The molecule has 0 radical (unpaired) electrons. The van der Waals surface area contributed by atoms with Gasteiger partial charge < -0.3 is 15.4 Å². The van der Waals surface area contributed by atoms with Crippen LogP contribution in [0.3, 0.4) is 0 Å². The smallest absolute Gasteiger partial charge is 0.251 e. The third-order valence-electron chi connectivity index (χ3n) is 4.49. The highest BCUT2D eigenvalue weighted by Crippen LogP contribution is 2.15. The predicted octanol–water partition coefficient (Wildman–Crippen LogP) is 1.42. The highest BCUT2D eigenvalue weighted by Gasteiger charge is 2.28. The van der Waals surface area contributed by atoms with E-state index in [0.717, 1.165) is 26.3 Å². The Morgan fingerprint density at radius 1 is 1.12 bits per heavy atom. The maximum atomic E-state index is 12.0. The molecule has 1 fully saturated rings. The standard InChI is InChI=1S/C19H29N3O3/c1-19(2,22-11-13-25-14-12-22)15-21-17(23)9-6-10-20-18(24)16-7-4-3-5-8-16/h3-5,7-8H,6,9-15H2,1-2H3,(H,20,24)(H,21,23). The van der Waals surface area contributed by atoms with Crippen LogP contribution >= 0.6 is 0 Å². The van der Waals surface area contributed by atoms with Crippen molar-refractivity contribution in [1.29, 1.82) is 0 Å². The minimum atomic E-state index is -0.102. The number of ether oxygens (including phenoxy) is 1. The van der Waals surface area contributed by atoms with Crippen molar-refractivity contribution in [2.45, 2.75) is 32.2 Å². The molecule has 0 aliphatic carbocycles. The minimum Gasteiger partial charge on any atom is -0.379 e. The van der Waals surface area contributed by atoms with E-state index in [4.69, 9.17) is 4.74 Å².